The lowest BCUT2D eigenvalue weighted by Gasteiger charge is -2.26. The summed E-state index contributed by atoms with van der Waals surface area (Å²) in [7, 11) is 4.71. The van der Waals surface area contributed by atoms with E-state index in [0.29, 0.717) is 34.4 Å². The number of amides is 1. The van der Waals surface area contributed by atoms with Crippen LogP contribution in [0.25, 0.3) is 0 Å². The van der Waals surface area contributed by atoms with Crippen LogP contribution >= 0.6 is 11.6 Å². The van der Waals surface area contributed by atoms with Crippen LogP contribution in [0.5, 0.6) is 17.2 Å². The smallest absolute Gasteiger partial charge is 0.255 e. The Balaban J connectivity index is 2.16. The third kappa shape index (κ3) is 4.41. The van der Waals surface area contributed by atoms with Crippen LogP contribution in [0.2, 0.25) is 5.02 Å². The van der Waals surface area contributed by atoms with E-state index in [4.69, 9.17) is 25.8 Å². The summed E-state index contributed by atoms with van der Waals surface area (Å²) >= 11 is 5.95. The number of nitrogens with one attached hydrogen (secondary N) is 1. The summed E-state index contributed by atoms with van der Waals surface area (Å²) in [5.41, 5.74) is 1.16. The quantitative estimate of drug-likeness (QED) is 0.790. The van der Waals surface area contributed by atoms with Gasteiger partial charge in [-0.05, 0) is 35.9 Å². The molecule has 0 unspecified atom stereocenters. The second-order valence-corrected chi connectivity index (χ2v) is 6.92. The normalized spacial score (nSPS) is 11.0. The van der Waals surface area contributed by atoms with E-state index in [1.807, 2.05) is 32.0 Å². The molecule has 0 aliphatic rings. The summed E-state index contributed by atoms with van der Waals surface area (Å²) in [4.78, 5) is 12.6. The molecule has 2 aromatic rings. The first-order chi connectivity index (χ1) is 12.3. The molecule has 140 valence electrons. The minimum atomic E-state index is -0.311. The molecule has 0 saturated carbocycles. The maximum absolute atomic E-state index is 12.6. The Bertz CT molecular complexity index is 789. The van der Waals surface area contributed by atoms with Gasteiger partial charge < -0.3 is 19.5 Å². The predicted molar refractivity (Wildman–Crippen MR) is 103 cm³/mol. The van der Waals surface area contributed by atoms with Crippen molar-refractivity contribution in [3.63, 3.8) is 0 Å². The van der Waals surface area contributed by atoms with Gasteiger partial charge in [0.15, 0.2) is 11.5 Å². The molecule has 0 aliphatic heterocycles. The lowest BCUT2D eigenvalue weighted by Crippen LogP contribution is -2.36. The molecular formula is C20H24ClNO4. The minimum Gasteiger partial charge on any atom is -0.496 e. The molecule has 0 atom stereocenters. The monoisotopic (exact) mass is 377 g/mol. The zero-order valence-corrected chi connectivity index (χ0v) is 16.4. The van der Waals surface area contributed by atoms with E-state index in [-0.39, 0.29) is 11.3 Å². The van der Waals surface area contributed by atoms with Gasteiger partial charge in [-0.15, -0.1) is 0 Å². The van der Waals surface area contributed by atoms with Crippen LogP contribution in [-0.2, 0) is 5.41 Å². The Morgan fingerprint density at radius 2 is 1.62 bits per heavy atom. The highest BCUT2D eigenvalue weighted by Gasteiger charge is 2.24. The SMILES string of the molecule is COc1ccc(C(C)(C)CNC(=O)c2ccc(Cl)cc2OC)cc1OC. The highest BCUT2D eigenvalue weighted by Crippen LogP contribution is 2.33. The van der Waals surface area contributed by atoms with Crippen LogP contribution in [0, 0.1) is 0 Å². The minimum absolute atomic E-state index is 0.216. The number of ether oxygens (including phenoxy) is 3. The highest BCUT2D eigenvalue weighted by atomic mass is 35.5. The van der Waals surface area contributed by atoms with Gasteiger partial charge >= 0.3 is 0 Å². The van der Waals surface area contributed by atoms with Crippen molar-refractivity contribution in [3.05, 3.63) is 52.5 Å². The zero-order valence-electron chi connectivity index (χ0n) is 15.7. The average molecular weight is 378 g/mol. The van der Waals surface area contributed by atoms with Gasteiger partial charge in [-0.3, -0.25) is 4.79 Å². The molecule has 5 nitrogen and oxygen atoms in total. The van der Waals surface area contributed by atoms with Crippen LogP contribution in [0.15, 0.2) is 36.4 Å². The van der Waals surface area contributed by atoms with Gasteiger partial charge in [-0.1, -0.05) is 31.5 Å². The van der Waals surface area contributed by atoms with Crippen molar-refractivity contribution in [1.82, 2.24) is 5.32 Å². The van der Waals surface area contributed by atoms with Crippen molar-refractivity contribution >= 4 is 17.5 Å². The number of carbonyl (C=O) groups excluding carboxylic acids is 1. The molecule has 0 heterocycles. The molecule has 0 saturated heterocycles. The Labute approximate surface area is 159 Å². The Kier molecular flexibility index (Phi) is 6.37. The fourth-order valence-corrected chi connectivity index (χ4v) is 2.77. The van der Waals surface area contributed by atoms with E-state index in [1.54, 1.807) is 32.4 Å². The molecule has 0 spiro atoms. The van der Waals surface area contributed by atoms with Gasteiger partial charge in [0, 0.05) is 17.0 Å². The molecule has 2 aromatic carbocycles. The van der Waals surface area contributed by atoms with E-state index < -0.39 is 0 Å². The summed E-state index contributed by atoms with van der Waals surface area (Å²) in [6, 6.07) is 10.7. The topological polar surface area (TPSA) is 56.8 Å². The van der Waals surface area contributed by atoms with Gasteiger partial charge in [-0.2, -0.15) is 0 Å². The molecule has 0 radical (unpaired) electrons. The second-order valence-electron chi connectivity index (χ2n) is 6.48. The molecule has 0 fully saturated rings. The maximum Gasteiger partial charge on any atom is 0.255 e. The van der Waals surface area contributed by atoms with E-state index in [1.165, 1.54) is 7.11 Å². The summed E-state index contributed by atoms with van der Waals surface area (Å²) in [6.45, 7) is 4.54. The molecule has 0 bridgehead atoms. The third-order valence-electron chi connectivity index (χ3n) is 4.26. The number of carbonyl (C=O) groups is 1. The van der Waals surface area contributed by atoms with E-state index >= 15 is 0 Å². The number of hydrogen-bond donors (Lipinski definition) is 1. The van der Waals surface area contributed by atoms with E-state index in [2.05, 4.69) is 5.32 Å². The van der Waals surface area contributed by atoms with Gasteiger partial charge in [0.25, 0.3) is 5.91 Å². The number of methoxy groups -OCH3 is 3. The number of halogens is 1. The Morgan fingerprint density at radius 1 is 0.962 bits per heavy atom. The maximum atomic E-state index is 12.6. The lowest BCUT2D eigenvalue weighted by atomic mass is 9.84. The number of rotatable bonds is 7. The van der Waals surface area contributed by atoms with Crippen LogP contribution in [0.1, 0.15) is 29.8 Å². The molecule has 0 aliphatic carbocycles. The van der Waals surface area contributed by atoms with Crippen LogP contribution in [-0.4, -0.2) is 33.8 Å². The first kappa shape index (κ1) is 19.9. The summed E-state index contributed by atoms with van der Waals surface area (Å²) in [6.07, 6.45) is 0. The lowest BCUT2D eigenvalue weighted by molar-refractivity contribution is 0.0942. The summed E-state index contributed by atoms with van der Waals surface area (Å²) in [5.74, 6) is 1.55. The van der Waals surface area contributed by atoms with Crippen LogP contribution in [0.3, 0.4) is 0 Å². The van der Waals surface area contributed by atoms with Crippen LogP contribution in [0.4, 0.5) is 0 Å². The molecule has 2 rings (SSSR count). The molecular weight excluding hydrogens is 354 g/mol. The predicted octanol–water partition coefficient (Wildman–Crippen LogP) is 4.07. The Morgan fingerprint density at radius 3 is 2.23 bits per heavy atom. The van der Waals surface area contributed by atoms with Gasteiger partial charge in [0.2, 0.25) is 0 Å². The first-order valence-corrected chi connectivity index (χ1v) is 8.54. The van der Waals surface area contributed by atoms with Crippen LogP contribution < -0.4 is 19.5 Å². The van der Waals surface area contributed by atoms with Crippen molar-refractivity contribution in [2.24, 2.45) is 0 Å². The number of benzene rings is 2. The van der Waals surface area contributed by atoms with Gasteiger partial charge in [0.05, 0.1) is 26.9 Å². The number of hydrogen-bond acceptors (Lipinski definition) is 4. The second kappa shape index (κ2) is 8.32. The fraction of sp³-hybridized carbons (Fsp3) is 0.350. The zero-order chi connectivity index (χ0) is 19.3. The molecule has 0 aromatic heterocycles. The molecule has 26 heavy (non-hydrogen) atoms. The molecule has 1 amide bonds. The van der Waals surface area contributed by atoms with Crippen molar-refractivity contribution < 1.29 is 19.0 Å². The highest BCUT2D eigenvalue weighted by molar-refractivity contribution is 6.30. The molecule has 6 heteroatoms. The summed E-state index contributed by atoms with van der Waals surface area (Å²) < 4.78 is 15.9. The first-order valence-electron chi connectivity index (χ1n) is 8.16. The molecule has 1 N–H and O–H groups in total. The van der Waals surface area contributed by atoms with Crippen molar-refractivity contribution in [2.45, 2.75) is 19.3 Å². The van der Waals surface area contributed by atoms with E-state index in [0.717, 1.165) is 5.56 Å². The van der Waals surface area contributed by atoms with E-state index in [9.17, 15) is 4.79 Å². The van der Waals surface area contributed by atoms with Crippen molar-refractivity contribution in [3.8, 4) is 17.2 Å². The fourth-order valence-electron chi connectivity index (χ4n) is 2.61. The average Bonchev–Trinajstić information content (AvgIpc) is 2.65. The van der Waals surface area contributed by atoms with Crippen molar-refractivity contribution in [1.29, 1.82) is 0 Å². The van der Waals surface area contributed by atoms with Crippen molar-refractivity contribution in [2.75, 3.05) is 27.9 Å². The summed E-state index contributed by atoms with van der Waals surface area (Å²) in [5, 5.41) is 3.48. The Hall–Kier alpha value is -2.40. The largest absolute Gasteiger partial charge is 0.496 e. The standard InChI is InChI=1S/C20H24ClNO4/c1-20(2,13-6-9-16(24-3)18(10-13)26-5)12-22-19(23)15-8-7-14(21)11-17(15)25-4/h6-11H,12H2,1-5H3,(H,22,23). The van der Waals surface area contributed by atoms with Gasteiger partial charge in [-0.25, -0.2) is 0 Å². The third-order valence-corrected chi connectivity index (χ3v) is 4.50. The van der Waals surface area contributed by atoms with Gasteiger partial charge in [0.1, 0.15) is 5.75 Å².